The van der Waals surface area contributed by atoms with E-state index in [-0.39, 0.29) is 25.6 Å². The normalized spacial score (nSPS) is 14.2. The number of rotatable bonds is 12. The third-order valence-electron chi connectivity index (χ3n) is 7.23. The van der Waals surface area contributed by atoms with Gasteiger partial charge in [-0.2, -0.15) is 0 Å². The highest BCUT2D eigenvalue weighted by molar-refractivity contribution is 7.09. The number of hydrogen-bond acceptors (Lipinski definition) is 7. The van der Waals surface area contributed by atoms with E-state index in [0.29, 0.717) is 0 Å². The van der Waals surface area contributed by atoms with Crippen LogP contribution in [0.4, 0.5) is 4.79 Å². The number of hydrogen-bond donors (Lipinski definition) is 3. The number of aliphatic carboxylic acids is 1. The molecular weight excluding hydrogens is 554 g/mol. The van der Waals surface area contributed by atoms with Gasteiger partial charge in [0.05, 0.1) is 18.2 Å². The van der Waals surface area contributed by atoms with Gasteiger partial charge in [0.25, 0.3) is 0 Å². The first-order valence-electron chi connectivity index (χ1n) is 13.6. The van der Waals surface area contributed by atoms with E-state index in [0.717, 1.165) is 32.7 Å². The molecule has 0 aliphatic heterocycles. The number of carbonyl (C=O) groups is 3. The van der Waals surface area contributed by atoms with Crippen molar-refractivity contribution in [1.82, 2.24) is 15.6 Å². The van der Waals surface area contributed by atoms with Crippen molar-refractivity contribution in [3.05, 3.63) is 112 Å². The summed E-state index contributed by atoms with van der Waals surface area (Å²) >= 11 is 1.33. The second-order valence-corrected chi connectivity index (χ2v) is 11.0. The van der Waals surface area contributed by atoms with Gasteiger partial charge in [-0.15, -0.1) is 11.3 Å². The number of nitrogens with one attached hydrogen (secondary N) is 2. The molecule has 1 unspecified atom stereocenters. The molecule has 0 saturated carbocycles. The van der Waals surface area contributed by atoms with Crippen LogP contribution in [0.15, 0.2) is 90.6 Å². The Bertz CT molecular complexity index is 1480. The topological polar surface area (TPSA) is 127 Å². The number of amides is 2. The van der Waals surface area contributed by atoms with Crippen molar-refractivity contribution in [1.29, 1.82) is 0 Å². The molecule has 5 rings (SSSR count). The fourth-order valence-electron chi connectivity index (χ4n) is 5.07. The number of benzene rings is 3. The SMILES string of the molecule is C[C@H](OCc1ccccc1)[C@@H](NC(=O)C(Cc1cncs1)NC(=O)OCC1c2ccccc2-c2ccccc21)C(=O)O. The first kappa shape index (κ1) is 29.0. The lowest BCUT2D eigenvalue weighted by Gasteiger charge is -2.25. The Balaban J connectivity index is 1.24. The van der Waals surface area contributed by atoms with Gasteiger partial charge in [0.1, 0.15) is 12.6 Å². The highest BCUT2D eigenvalue weighted by Crippen LogP contribution is 2.44. The van der Waals surface area contributed by atoms with Gasteiger partial charge in [-0.05, 0) is 34.7 Å². The zero-order valence-corrected chi connectivity index (χ0v) is 23.8. The van der Waals surface area contributed by atoms with E-state index in [1.165, 1.54) is 11.3 Å². The van der Waals surface area contributed by atoms with Gasteiger partial charge >= 0.3 is 12.1 Å². The molecule has 10 heteroatoms. The van der Waals surface area contributed by atoms with Crippen LogP contribution >= 0.6 is 11.3 Å². The van der Waals surface area contributed by atoms with Crippen LogP contribution in [-0.2, 0) is 32.1 Å². The Morgan fingerprint density at radius 1 is 0.929 bits per heavy atom. The van der Waals surface area contributed by atoms with E-state index < -0.39 is 36.2 Å². The van der Waals surface area contributed by atoms with Crippen LogP contribution < -0.4 is 10.6 Å². The molecule has 3 atom stereocenters. The molecule has 1 aliphatic carbocycles. The van der Waals surface area contributed by atoms with Crippen molar-refractivity contribution in [2.24, 2.45) is 0 Å². The summed E-state index contributed by atoms with van der Waals surface area (Å²) < 4.78 is 11.4. The van der Waals surface area contributed by atoms with E-state index in [4.69, 9.17) is 9.47 Å². The van der Waals surface area contributed by atoms with Crippen LogP contribution in [0.25, 0.3) is 11.1 Å². The molecule has 0 radical (unpaired) electrons. The number of thiazole rings is 1. The minimum absolute atomic E-state index is 0.0802. The first-order chi connectivity index (χ1) is 20.4. The number of alkyl carbamates (subject to hydrolysis) is 1. The molecule has 3 N–H and O–H groups in total. The third-order valence-corrected chi connectivity index (χ3v) is 8.03. The minimum atomic E-state index is -1.34. The zero-order valence-electron chi connectivity index (χ0n) is 22.9. The number of carbonyl (C=O) groups excluding carboxylic acids is 2. The van der Waals surface area contributed by atoms with Crippen LogP contribution in [0.5, 0.6) is 0 Å². The predicted molar refractivity (Wildman–Crippen MR) is 158 cm³/mol. The maximum atomic E-state index is 13.4. The highest BCUT2D eigenvalue weighted by Gasteiger charge is 2.33. The molecule has 0 saturated heterocycles. The van der Waals surface area contributed by atoms with E-state index in [2.05, 4.69) is 15.6 Å². The van der Waals surface area contributed by atoms with Crippen molar-refractivity contribution in [3.63, 3.8) is 0 Å². The standard InChI is InChI=1S/C32H31N3O6S/c1-20(40-17-21-9-3-2-4-10-21)29(31(37)38)35-30(36)28(15-22-16-33-19-42-22)34-32(39)41-18-27-25-13-7-5-11-23(25)24-12-6-8-14-26(24)27/h2-14,16,19-20,27-29H,15,17-18H2,1H3,(H,34,39)(H,35,36)(H,37,38)/t20-,28?,29+/m0/s1. The van der Waals surface area contributed by atoms with Crippen LogP contribution in [0.3, 0.4) is 0 Å². The summed E-state index contributed by atoms with van der Waals surface area (Å²) in [5.41, 5.74) is 6.84. The summed E-state index contributed by atoms with van der Waals surface area (Å²) in [6.45, 7) is 1.85. The second-order valence-electron chi connectivity index (χ2n) is 10.0. The Kier molecular flexibility index (Phi) is 9.25. The number of aromatic nitrogens is 1. The Hall–Kier alpha value is -4.54. The third kappa shape index (κ3) is 6.84. The van der Waals surface area contributed by atoms with Crippen molar-refractivity contribution in [2.75, 3.05) is 6.61 Å². The molecule has 0 fully saturated rings. The average molecular weight is 586 g/mol. The molecule has 9 nitrogen and oxygen atoms in total. The predicted octanol–water partition coefficient (Wildman–Crippen LogP) is 4.77. The zero-order chi connectivity index (χ0) is 29.5. The van der Waals surface area contributed by atoms with Gasteiger partial charge in [-0.3, -0.25) is 9.78 Å². The lowest BCUT2D eigenvalue weighted by atomic mass is 9.98. The number of carboxylic acids is 1. The maximum Gasteiger partial charge on any atom is 0.407 e. The number of fused-ring (bicyclic) bond motifs is 3. The van der Waals surface area contributed by atoms with Gasteiger partial charge in [-0.1, -0.05) is 78.9 Å². The Labute approximate surface area is 247 Å². The van der Waals surface area contributed by atoms with E-state index in [1.807, 2.05) is 78.9 Å². The van der Waals surface area contributed by atoms with Crippen LogP contribution in [0.2, 0.25) is 0 Å². The second kappa shape index (κ2) is 13.4. The summed E-state index contributed by atoms with van der Waals surface area (Å²) in [5, 5.41) is 15.0. The lowest BCUT2D eigenvalue weighted by Crippen LogP contribution is -2.55. The highest BCUT2D eigenvalue weighted by atomic mass is 32.1. The van der Waals surface area contributed by atoms with Gasteiger partial charge in [-0.25, -0.2) is 9.59 Å². The summed E-state index contributed by atoms with van der Waals surface area (Å²) in [5.74, 6) is -2.06. The van der Waals surface area contributed by atoms with Gasteiger partial charge in [0.2, 0.25) is 5.91 Å². The summed E-state index contributed by atoms with van der Waals surface area (Å²) in [4.78, 5) is 43.3. The van der Waals surface area contributed by atoms with E-state index >= 15 is 0 Å². The van der Waals surface area contributed by atoms with Gasteiger partial charge in [0.15, 0.2) is 6.04 Å². The molecule has 1 aromatic heterocycles. The summed E-state index contributed by atoms with van der Waals surface area (Å²) in [6.07, 6.45) is 0.101. The van der Waals surface area contributed by atoms with E-state index in [1.54, 1.807) is 18.6 Å². The summed E-state index contributed by atoms with van der Waals surface area (Å²) in [7, 11) is 0. The van der Waals surface area contributed by atoms with Gasteiger partial charge in [0, 0.05) is 23.4 Å². The number of carboxylic acid groups (broad SMARTS) is 1. The van der Waals surface area contributed by atoms with Crippen LogP contribution in [0.1, 0.15) is 34.4 Å². The van der Waals surface area contributed by atoms with Crippen molar-refractivity contribution in [2.45, 2.75) is 44.1 Å². The Morgan fingerprint density at radius 2 is 1.57 bits per heavy atom. The average Bonchev–Trinajstić information content (AvgIpc) is 3.63. The van der Waals surface area contributed by atoms with Crippen molar-refractivity contribution < 1.29 is 29.0 Å². The van der Waals surface area contributed by atoms with Crippen molar-refractivity contribution in [3.8, 4) is 11.1 Å². The molecular formula is C32H31N3O6S. The first-order valence-corrected chi connectivity index (χ1v) is 14.5. The minimum Gasteiger partial charge on any atom is -0.480 e. The Morgan fingerprint density at radius 3 is 2.19 bits per heavy atom. The number of ether oxygens (including phenoxy) is 2. The van der Waals surface area contributed by atoms with Crippen LogP contribution in [0, 0.1) is 0 Å². The van der Waals surface area contributed by atoms with E-state index in [9.17, 15) is 19.5 Å². The molecule has 0 bridgehead atoms. The quantitative estimate of drug-likeness (QED) is 0.219. The molecule has 216 valence electrons. The molecule has 42 heavy (non-hydrogen) atoms. The van der Waals surface area contributed by atoms with Gasteiger partial charge < -0.3 is 25.2 Å². The fourth-order valence-corrected chi connectivity index (χ4v) is 5.71. The summed E-state index contributed by atoms with van der Waals surface area (Å²) in [6, 6.07) is 22.9. The maximum absolute atomic E-state index is 13.4. The molecule has 4 aromatic rings. The van der Waals surface area contributed by atoms with Crippen molar-refractivity contribution >= 4 is 29.3 Å². The monoisotopic (exact) mass is 585 g/mol. The molecule has 1 heterocycles. The molecule has 0 spiro atoms. The molecule has 2 amide bonds. The fraction of sp³-hybridized carbons (Fsp3) is 0.250. The molecule has 1 aliphatic rings. The smallest absolute Gasteiger partial charge is 0.407 e. The van der Waals surface area contributed by atoms with Crippen LogP contribution in [-0.4, -0.2) is 52.9 Å². The molecule has 3 aromatic carbocycles. The number of nitrogens with zero attached hydrogens (tertiary/aromatic N) is 1. The largest absolute Gasteiger partial charge is 0.480 e. The lowest BCUT2D eigenvalue weighted by molar-refractivity contribution is -0.146.